The maximum absolute atomic E-state index is 12.7. The maximum Gasteiger partial charge on any atom is 0.275 e. The lowest BCUT2D eigenvalue weighted by Gasteiger charge is -2.24. The molecule has 0 bridgehead atoms. The molecule has 0 radical (unpaired) electrons. The summed E-state index contributed by atoms with van der Waals surface area (Å²) < 4.78 is 0.784. The number of carbonyl (C=O) groups excluding carboxylic acids is 1. The normalized spacial score (nSPS) is 17.9. The smallest absolute Gasteiger partial charge is 0.275 e. The van der Waals surface area contributed by atoms with Crippen molar-refractivity contribution >= 4 is 21.8 Å². The molecule has 1 amide bonds. The highest BCUT2D eigenvalue weighted by Crippen LogP contribution is 2.26. The molecule has 0 saturated carbocycles. The summed E-state index contributed by atoms with van der Waals surface area (Å²) in [5.41, 5.74) is 2.73. The number of hydrogen-bond donors (Lipinski definition) is 1. The third-order valence-electron chi connectivity index (χ3n) is 4.32. The molecule has 1 aliphatic rings. The first-order chi connectivity index (χ1) is 10.7. The first-order valence-corrected chi connectivity index (χ1v) is 8.51. The average molecular weight is 362 g/mol. The number of benzene rings is 1. The van der Waals surface area contributed by atoms with Gasteiger partial charge < -0.3 is 4.90 Å². The first kappa shape index (κ1) is 15.3. The van der Waals surface area contributed by atoms with Crippen LogP contribution >= 0.6 is 15.9 Å². The molecule has 22 heavy (non-hydrogen) atoms. The monoisotopic (exact) mass is 361 g/mol. The minimum absolute atomic E-state index is 0.0341. The number of amides is 1. The molecule has 3 rings (SSSR count). The lowest BCUT2D eigenvalue weighted by atomic mass is 10.0. The number of carbonyl (C=O) groups is 1. The van der Waals surface area contributed by atoms with E-state index in [-0.39, 0.29) is 5.91 Å². The molecule has 1 saturated heterocycles. The van der Waals surface area contributed by atoms with Gasteiger partial charge in [-0.25, -0.2) is 0 Å². The van der Waals surface area contributed by atoms with Crippen LogP contribution in [-0.4, -0.2) is 33.6 Å². The molecule has 5 heteroatoms. The Balaban J connectivity index is 1.68. The molecule has 4 nitrogen and oxygen atoms in total. The van der Waals surface area contributed by atoms with Crippen LogP contribution in [0.4, 0.5) is 0 Å². The number of aryl methyl sites for hydroxylation is 2. The van der Waals surface area contributed by atoms with Crippen LogP contribution in [0.25, 0.3) is 0 Å². The van der Waals surface area contributed by atoms with E-state index >= 15 is 0 Å². The molecule has 2 aromatic rings. The first-order valence-electron chi connectivity index (χ1n) is 7.72. The van der Waals surface area contributed by atoms with Crippen LogP contribution < -0.4 is 0 Å². The Morgan fingerprint density at radius 2 is 2.18 bits per heavy atom. The molecule has 1 atom stereocenters. The van der Waals surface area contributed by atoms with Crippen LogP contribution in [0, 0.1) is 6.92 Å². The zero-order chi connectivity index (χ0) is 15.5. The number of nitrogens with one attached hydrogen (secondary N) is 1. The average Bonchev–Trinajstić information content (AvgIpc) is 3.14. The van der Waals surface area contributed by atoms with E-state index in [1.807, 2.05) is 17.9 Å². The summed E-state index contributed by atoms with van der Waals surface area (Å²) in [7, 11) is 0. The topological polar surface area (TPSA) is 49.0 Å². The van der Waals surface area contributed by atoms with Crippen molar-refractivity contribution in [2.75, 3.05) is 6.54 Å². The fourth-order valence-electron chi connectivity index (χ4n) is 3.07. The number of likely N-dealkylation sites (tertiary alicyclic amines) is 1. The third kappa shape index (κ3) is 3.09. The number of aromatic amines is 1. The zero-order valence-corrected chi connectivity index (χ0v) is 14.3. The number of rotatable bonds is 4. The Bertz CT molecular complexity index is 653. The van der Waals surface area contributed by atoms with Gasteiger partial charge in [0.2, 0.25) is 0 Å². The van der Waals surface area contributed by atoms with Crippen LogP contribution in [0.1, 0.15) is 41.0 Å². The molecule has 1 aliphatic heterocycles. The summed E-state index contributed by atoms with van der Waals surface area (Å²) in [5.74, 6) is 0.0341. The third-order valence-corrected chi connectivity index (χ3v) is 5.29. The Labute approximate surface area is 139 Å². The molecule has 0 unspecified atom stereocenters. The molecule has 1 aromatic carbocycles. The predicted octanol–water partition coefficient (Wildman–Crippen LogP) is 3.72. The molecular formula is C17H20BrN3O. The van der Waals surface area contributed by atoms with Gasteiger partial charge in [0.25, 0.3) is 5.91 Å². The second kappa shape index (κ2) is 6.65. The van der Waals surface area contributed by atoms with Gasteiger partial charge in [-0.1, -0.05) is 30.3 Å². The molecule has 1 fully saturated rings. The maximum atomic E-state index is 12.7. The minimum Gasteiger partial charge on any atom is -0.334 e. The highest BCUT2D eigenvalue weighted by atomic mass is 79.9. The van der Waals surface area contributed by atoms with Crippen LogP contribution in [0.15, 0.2) is 34.8 Å². The quantitative estimate of drug-likeness (QED) is 0.901. The molecular weight excluding hydrogens is 342 g/mol. The van der Waals surface area contributed by atoms with Crippen LogP contribution in [0.2, 0.25) is 0 Å². The van der Waals surface area contributed by atoms with Crippen molar-refractivity contribution in [2.45, 2.75) is 38.6 Å². The standard InChI is InChI=1S/C17H20BrN3O/c1-12-15(18)16(20-19-12)17(22)21-11-5-8-14(21)10-9-13-6-3-2-4-7-13/h2-4,6-7,14H,5,8-11H2,1H3,(H,19,20)/t14-/m0/s1. The molecule has 116 valence electrons. The highest BCUT2D eigenvalue weighted by Gasteiger charge is 2.31. The van der Waals surface area contributed by atoms with E-state index in [1.54, 1.807) is 0 Å². The Hall–Kier alpha value is -1.62. The summed E-state index contributed by atoms with van der Waals surface area (Å²) >= 11 is 3.45. The van der Waals surface area contributed by atoms with Crippen LogP contribution in [-0.2, 0) is 6.42 Å². The van der Waals surface area contributed by atoms with Crippen molar-refractivity contribution in [1.82, 2.24) is 15.1 Å². The second-order valence-electron chi connectivity index (χ2n) is 5.83. The van der Waals surface area contributed by atoms with Crippen molar-refractivity contribution in [3.8, 4) is 0 Å². The number of hydrogen-bond acceptors (Lipinski definition) is 2. The van der Waals surface area contributed by atoms with Gasteiger partial charge in [-0.15, -0.1) is 0 Å². The molecule has 0 aliphatic carbocycles. The predicted molar refractivity (Wildman–Crippen MR) is 89.8 cm³/mol. The lowest BCUT2D eigenvalue weighted by Crippen LogP contribution is -2.36. The van der Waals surface area contributed by atoms with Gasteiger partial charge in [0.1, 0.15) is 0 Å². The molecule has 2 heterocycles. The fraction of sp³-hybridized carbons (Fsp3) is 0.412. The largest absolute Gasteiger partial charge is 0.334 e. The van der Waals surface area contributed by atoms with E-state index in [9.17, 15) is 4.79 Å². The number of H-pyrrole nitrogens is 1. The summed E-state index contributed by atoms with van der Waals surface area (Å²) in [6, 6.07) is 10.8. The van der Waals surface area contributed by atoms with Gasteiger partial charge in [-0.05, 0) is 54.1 Å². The number of aromatic nitrogens is 2. The van der Waals surface area contributed by atoms with E-state index < -0.39 is 0 Å². The van der Waals surface area contributed by atoms with Gasteiger partial charge in [-0.2, -0.15) is 5.10 Å². The summed E-state index contributed by atoms with van der Waals surface area (Å²) in [6.45, 7) is 2.74. The molecule has 1 aromatic heterocycles. The fourth-order valence-corrected chi connectivity index (χ4v) is 3.42. The van der Waals surface area contributed by atoms with Crippen LogP contribution in [0.5, 0.6) is 0 Å². The summed E-state index contributed by atoms with van der Waals surface area (Å²) in [5, 5.41) is 7.02. The molecule has 1 N–H and O–H groups in total. The summed E-state index contributed by atoms with van der Waals surface area (Å²) in [6.07, 6.45) is 4.18. The van der Waals surface area contributed by atoms with E-state index in [0.29, 0.717) is 11.7 Å². The molecule has 0 spiro atoms. The van der Waals surface area contributed by atoms with Gasteiger partial charge in [-0.3, -0.25) is 9.89 Å². The van der Waals surface area contributed by atoms with E-state index in [4.69, 9.17) is 0 Å². The summed E-state index contributed by atoms with van der Waals surface area (Å²) in [4.78, 5) is 14.7. The number of nitrogens with zero attached hydrogens (tertiary/aromatic N) is 2. The van der Waals surface area contributed by atoms with Crippen molar-refractivity contribution in [1.29, 1.82) is 0 Å². The Morgan fingerprint density at radius 3 is 2.86 bits per heavy atom. The van der Waals surface area contributed by atoms with Crippen LogP contribution in [0.3, 0.4) is 0 Å². The van der Waals surface area contributed by atoms with Gasteiger partial charge in [0, 0.05) is 18.3 Å². The Kier molecular flexibility index (Phi) is 4.62. The van der Waals surface area contributed by atoms with Crippen molar-refractivity contribution in [3.63, 3.8) is 0 Å². The van der Waals surface area contributed by atoms with E-state index in [1.165, 1.54) is 5.56 Å². The zero-order valence-electron chi connectivity index (χ0n) is 12.7. The van der Waals surface area contributed by atoms with Gasteiger partial charge >= 0.3 is 0 Å². The van der Waals surface area contributed by atoms with Gasteiger partial charge in [0.05, 0.1) is 4.47 Å². The van der Waals surface area contributed by atoms with Crippen molar-refractivity contribution in [3.05, 3.63) is 51.8 Å². The van der Waals surface area contributed by atoms with Crippen molar-refractivity contribution in [2.24, 2.45) is 0 Å². The number of halogens is 1. The Morgan fingerprint density at radius 1 is 1.41 bits per heavy atom. The van der Waals surface area contributed by atoms with Gasteiger partial charge in [0.15, 0.2) is 5.69 Å². The SMILES string of the molecule is Cc1[nH]nc(C(=O)N2CCC[C@H]2CCc2ccccc2)c1Br. The minimum atomic E-state index is 0.0341. The van der Waals surface area contributed by atoms with E-state index in [2.05, 4.69) is 50.4 Å². The lowest BCUT2D eigenvalue weighted by molar-refractivity contribution is 0.0723. The van der Waals surface area contributed by atoms with Crippen molar-refractivity contribution < 1.29 is 4.79 Å². The second-order valence-corrected chi connectivity index (χ2v) is 6.62. The van der Waals surface area contributed by atoms with E-state index in [0.717, 1.165) is 42.4 Å². The highest BCUT2D eigenvalue weighted by molar-refractivity contribution is 9.10.